The number of alkyl halides is 1. The number of aryl methyl sites for hydroxylation is 2. The van der Waals surface area contributed by atoms with Crippen LogP contribution in [-0.2, 0) is 22.4 Å². The van der Waals surface area contributed by atoms with Crippen LogP contribution < -0.4 is 4.72 Å². The van der Waals surface area contributed by atoms with Gasteiger partial charge in [0.15, 0.2) is 5.76 Å². The van der Waals surface area contributed by atoms with Crippen LogP contribution in [-0.4, -0.2) is 13.6 Å². The minimum absolute atomic E-state index is 0.106. The molecule has 0 spiro atoms. The summed E-state index contributed by atoms with van der Waals surface area (Å²) < 4.78 is 31.8. The van der Waals surface area contributed by atoms with Gasteiger partial charge in [-0.3, -0.25) is 0 Å². The molecule has 1 aromatic heterocycles. The fourth-order valence-electron chi connectivity index (χ4n) is 1.85. The first-order valence-corrected chi connectivity index (χ1v) is 8.02. The number of hydrogen-bond donors (Lipinski definition) is 1. The van der Waals surface area contributed by atoms with Crippen molar-refractivity contribution in [2.24, 2.45) is 0 Å². The van der Waals surface area contributed by atoms with Crippen LogP contribution in [0.4, 0.5) is 0 Å². The van der Waals surface area contributed by atoms with E-state index in [1.54, 1.807) is 13.8 Å². The Morgan fingerprint density at radius 3 is 2.30 bits per heavy atom. The average molecular weight is 315 g/mol. The molecule has 0 saturated heterocycles. The van der Waals surface area contributed by atoms with E-state index < -0.39 is 10.0 Å². The van der Waals surface area contributed by atoms with Gasteiger partial charge < -0.3 is 4.52 Å². The van der Waals surface area contributed by atoms with E-state index >= 15 is 0 Å². The van der Waals surface area contributed by atoms with Gasteiger partial charge >= 0.3 is 0 Å². The minimum Gasteiger partial charge on any atom is -0.360 e. The van der Waals surface area contributed by atoms with Crippen LogP contribution in [0.5, 0.6) is 0 Å². The number of hydrogen-bond acceptors (Lipinski definition) is 4. The summed E-state index contributed by atoms with van der Waals surface area (Å²) >= 11 is 5.70. The van der Waals surface area contributed by atoms with Gasteiger partial charge in [0.05, 0.1) is 0 Å². The zero-order valence-electron chi connectivity index (χ0n) is 11.2. The van der Waals surface area contributed by atoms with Crippen molar-refractivity contribution in [3.05, 3.63) is 46.8 Å². The van der Waals surface area contributed by atoms with Gasteiger partial charge in [-0.1, -0.05) is 29.4 Å². The molecule has 1 aromatic carbocycles. The first kappa shape index (κ1) is 15.0. The maximum Gasteiger partial charge on any atom is 0.246 e. The van der Waals surface area contributed by atoms with Gasteiger partial charge in [0.25, 0.3) is 0 Å². The molecule has 0 aliphatic rings. The van der Waals surface area contributed by atoms with Crippen LogP contribution in [0.15, 0.2) is 33.7 Å². The summed E-state index contributed by atoms with van der Waals surface area (Å²) in [6, 6.07) is 7.42. The van der Waals surface area contributed by atoms with Crippen LogP contribution in [0.3, 0.4) is 0 Å². The van der Waals surface area contributed by atoms with Gasteiger partial charge in [-0.2, -0.15) is 0 Å². The first-order valence-electron chi connectivity index (χ1n) is 6.00. The molecule has 0 amide bonds. The summed E-state index contributed by atoms with van der Waals surface area (Å²) in [7, 11) is -3.62. The van der Waals surface area contributed by atoms with E-state index in [9.17, 15) is 8.42 Å². The first-order chi connectivity index (χ1) is 9.44. The molecular weight excluding hydrogens is 300 g/mol. The zero-order valence-corrected chi connectivity index (χ0v) is 12.8. The number of aromatic nitrogens is 1. The Balaban J connectivity index is 2.13. The molecule has 108 valence electrons. The van der Waals surface area contributed by atoms with Crippen LogP contribution in [0.25, 0.3) is 0 Å². The molecule has 1 N–H and O–H groups in total. The lowest BCUT2D eigenvalue weighted by Gasteiger charge is -2.06. The summed E-state index contributed by atoms with van der Waals surface area (Å²) in [5.74, 6) is 0.720. The maximum absolute atomic E-state index is 12.2. The molecule has 0 aliphatic carbocycles. The Morgan fingerprint density at radius 1 is 1.20 bits per heavy atom. The smallest absolute Gasteiger partial charge is 0.246 e. The van der Waals surface area contributed by atoms with Crippen molar-refractivity contribution in [2.75, 3.05) is 0 Å². The van der Waals surface area contributed by atoms with Gasteiger partial charge in [0.2, 0.25) is 10.0 Å². The van der Waals surface area contributed by atoms with Gasteiger partial charge in [-0.25, -0.2) is 13.1 Å². The normalized spacial score (nSPS) is 11.8. The fourth-order valence-corrected chi connectivity index (χ4v) is 3.38. The Morgan fingerprint density at radius 2 is 1.80 bits per heavy atom. The SMILES string of the molecule is Cc1noc(C)c1S(=O)(=O)NCc1ccc(CCl)cc1. The predicted molar refractivity (Wildman–Crippen MR) is 76.0 cm³/mol. The second kappa shape index (κ2) is 5.95. The van der Waals surface area contributed by atoms with E-state index in [1.165, 1.54) is 0 Å². The lowest BCUT2D eigenvalue weighted by atomic mass is 10.1. The number of nitrogens with zero attached hydrogens (tertiary/aromatic N) is 1. The maximum atomic E-state index is 12.2. The number of sulfonamides is 1. The van der Waals surface area contributed by atoms with Crippen molar-refractivity contribution in [2.45, 2.75) is 31.2 Å². The third-order valence-electron chi connectivity index (χ3n) is 2.88. The van der Waals surface area contributed by atoms with E-state index in [0.29, 0.717) is 11.6 Å². The molecule has 0 unspecified atom stereocenters. The largest absolute Gasteiger partial charge is 0.360 e. The number of rotatable bonds is 5. The van der Waals surface area contributed by atoms with Crippen LogP contribution in [0, 0.1) is 13.8 Å². The second-order valence-electron chi connectivity index (χ2n) is 4.43. The van der Waals surface area contributed by atoms with Crippen LogP contribution >= 0.6 is 11.6 Å². The lowest BCUT2D eigenvalue weighted by molar-refractivity contribution is 0.390. The molecule has 0 radical (unpaired) electrons. The van der Waals surface area contributed by atoms with Crippen molar-refractivity contribution < 1.29 is 12.9 Å². The molecule has 0 saturated carbocycles. The molecule has 5 nitrogen and oxygen atoms in total. The molecular formula is C13H15ClN2O3S. The van der Waals surface area contributed by atoms with Gasteiger partial charge in [-0.05, 0) is 25.0 Å². The molecule has 2 aromatic rings. The highest BCUT2D eigenvalue weighted by molar-refractivity contribution is 7.89. The highest BCUT2D eigenvalue weighted by Crippen LogP contribution is 2.19. The molecule has 0 fully saturated rings. The number of nitrogens with one attached hydrogen (secondary N) is 1. The van der Waals surface area contributed by atoms with Gasteiger partial charge in [0.1, 0.15) is 10.6 Å². The van der Waals surface area contributed by atoms with Gasteiger partial charge in [0, 0.05) is 12.4 Å². The standard InChI is InChI=1S/C13H15ClN2O3S/c1-9-13(10(2)19-16-9)20(17,18)15-8-12-5-3-11(7-14)4-6-12/h3-6,15H,7-8H2,1-2H3. The van der Waals surface area contributed by atoms with E-state index in [-0.39, 0.29) is 17.2 Å². The Bertz CT molecular complexity index is 673. The molecule has 0 atom stereocenters. The molecule has 1 heterocycles. The van der Waals surface area contributed by atoms with Crippen LogP contribution in [0.2, 0.25) is 0 Å². The van der Waals surface area contributed by atoms with E-state index in [4.69, 9.17) is 16.1 Å². The third-order valence-corrected chi connectivity index (χ3v) is 4.83. The Kier molecular flexibility index (Phi) is 4.47. The average Bonchev–Trinajstić information content (AvgIpc) is 2.77. The van der Waals surface area contributed by atoms with Crippen molar-refractivity contribution in [3.8, 4) is 0 Å². The monoisotopic (exact) mass is 314 g/mol. The second-order valence-corrected chi connectivity index (χ2v) is 6.40. The van der Waals surface area contributed by atoms with Crippen molar-refractivity contribution in [1.29, 1.82) is 0 Å². The van der Waals surface area contributed by atoms with Crippen LogP contribution in [0.1, 0.15) is 22.6 Å². The van der Waals surface area contributed by atoms with Gasteiger partial charge in [-0.15, -0.1) is 11.6 Å². The van der Waals surface area contributed by atoms with E-state index in [1.807, 2.05) is 24.3 Å². The summed E-state index contributed by atoms with van der Waals surface area (Å²) in [5.41, 5.74) is 2.20. The molecule has 0 aliphatic heterocycles. The lowest BCUT2D eigenvalue weighted by Crippen LogP contribution is -2.24. The van der Waals surface area contributed by atoms with E-state index in [0.717, 1.165) is 11.1 Å². The molecule has 2 rings (SSSR count). The topological polar surface area (TPSA) is 72.2 Å². The third kappa shape index (κ3) is 3.20. The molecule has 20 heavy (non-hydrogen) atoms. The summed E-state index contributed by atoms with van der Waals surface area (Å²) in [5, 5.41) is 3.65. The van der Waals surface area contributed by atoms with Crippen molar-refractivity contribution in [3.63, 3.8) is 0 Å². The highest BCUT2D eigenvalue weighted by atomic mass is 35.5. The number of halogens is 1. The Labute approximate surface area is 123 Å². The predicted octanol–water partition coefficient (Wildman–Crippen LogP) is 2.51. The summed E-state index contributed by atoms with van der Waals surface area (Å²) in [6.45, 7) is 3.37. The summed E-state index contributed by atoms with van der Waals surface area (Å²) in [4.78, 5) is 0.106. The van der Waals surface area contributed by atoms with Crippen molar-refractivity contribution in [1.82, 2.24) is 9.88 Å². The van der Waals surface area contributed by atoms with Crippen molar-refractivity contribution >= 4 is 21.6 Å². The summed E-state index contributed by atoms with van der Waals surface area (Å²) in [6.07, 6.45) is 0. The quantitative estimate of drug-likeness (QED) is 0.861. The minimum atomic E-state index is -3.62. The number of benzene rings is 1. The molecule has 0 bridgehead atoms. The fraction of sp³-hybridized carbons (Fsp3) is 0.308. The Hall–Kier alpha value is -1.37. The zero-order chi connectivity index (χ0) is 14.8. The molecule has 7 heteroatoms. The highest BCUT2D eigenvalue weighted by Gasteiger charge is 2.23. The van der Waals surface area contributed by atoms with E-state index in [2.05, 4.69) is 9.88 Å².